The molecule has 0 saturated heterocycles. The molecule has 2 aromatic carbocycles. The van der Waals surface area contributed by atoms with E-state index in [1.807, 2.05) is 24.4 Å². The van der Waals surface area contributed by atoms with E-state index in [4.69, 9.17) is 8.92 Å². The molecule has 0 bridgehead atoms. The number of hydrogen-bond acceptors (Lipinski definition) is 7. The van der Waals surface area contributed by atoms with E-state index in [2.05, 4.69) is 0 Å². The van der Waals surface area contributed by atoms with Crippen LogP contribution < -0.4 is 0 Å². The van der Waals surface area contributed by atoms with Crippen LogP contribution in [0, 0.1) is 6.92 Å². The number of hydrogen-bond donors (Lipinski definition) is 1. The molecule has 8 heteroatoms. The highest BCUT2D eigenvalue weighted by atomic mass is 32.2. The first-order valence-corrected chi connectivity index (χ1v) is 12.0. The minimum atomic E-state index is -3.86. The average molecular weight is 459 g/mol. The van der Waals surface area contributed by atoms with E-state index in [1.54, 1.807) is 24.3 Å². The van der Waals surface area contributed by atoms with Gasteiger partial charge < -0.3 is 9.84 Å². The molecule has 1 heterocycles. The molecule has 31 heavy (non-hydrogen) atoms. The van der Waals surface area contributed by atoms with Gasteiger partial charge in [-0.05, 0) is 66.6 Å². The van der Waals surface area contributed by atoms with Gasteiger partial charge in [0.05, 0.1) is 24.2 Å². The third-order valence-corrected chi connectivity index (χ3v) is 7.75. The Balaban J connectivity index is 1.52. The molecule has 1 unspecified atom stereocenters. The summed E-state index contributed by atoms with van der Waals surface area (Å²) in [5.41, 5.74) is 2.24. The Bertz CT molecular complexity index is 1230. The monoisotopic (exact) mass is 458 g/mol. The van der Waals surface area contributed by atoms with E-state index in [-0.39, 0.29) is 17.9 Å². The molecule has 4 rings (SSSR count). The van der Waals surface area contributed by atoms with Crippen LogP contribution in [0.4, 0.5) is 0 Å². The van der Waals surface area contributed by atoms with Crippen molar-refractivity contribution in [1.29, 1.82) is 0 Å². The van der Waals surface area contributed by atoms with Gasteiger partial charge in [-0.1, -0.05) is 23.8 Å². The highest BCUT2D eigenvalue weighted by Crippen LogP contribution is 2.52. The van der Waals surface area contributed by atoms with Crippen molar-refractivity contribution in [2.45, 2.75) is 30.3 Å². The zero-order valence-electron chi connectivity index (χ0n) is 17.1. The summed E-state index contributed by atoms with van der Waals surface area (Å²) >= 11 is 1.52. The van der Waals surface area contributed by atoms with Gasteiger partial charge in [0, 0.05) is 10.4 Å². The fourth-order valence-corrected chi connectivity index (χ4v) is 5.81. The third kappa shape index (κ3) is 3.92. The number of methoxy groups -OCH3 is 1. The van der Waals surface area contributed by atoms with Crippen molar-refractivity contribution in [1.82, 2.24) is 0 Å². The van der Waals surface area contributed by atoms with E-state index in [9.17, 15) is 18.3 Å². The fourth-order valence-electron chi connectivity index (χ4n) is 3.86. The number of esters is 1. The first-order valence-electron chi connectivity index (χ1n) is 9.76. The summed E-state index contributed by atoms with van der Waals surface area (Å²) in [6.45, 7) is 1.81. The number of benzene rings is 2. The normalized spacial score (nSPS) is 17.3. The standard InChI is InChI=1S/C23H22O6S2/c1-15-4-7-17(8-5-15)31(26,27)29-12-3-11-23(25)19-10-13-30-21(19)18-9-6-16(14-20(18)23)22(24)28-2/h4-10,13-14,25H,3,11-12H2,1-2H3. The molecule has 0 spiro atoms. The number of thiophene rings is 1. The molecule has 0 radical (unpaired) electrons. The SMILES string of the molecule is COC(=O)c1ccc2c(c1)C(O)(CCCOS(=O)(=O)c1ccc(C)cc1)c1ccsc1-2. The van der Waals surface area contributed by atoms with Crippen molar-refractivity contribution in [3.63, 3.8) is 0 Å². The maximum absolute atomic E-state index is 12.4. The summed E-state index contributed by atoms with van der Waals surface area (Å²) < 4.78 is 34.8. The van der Waals surface area contributed by atoms with Gasteiger partial charge in [0.1, 0.15) is 5.60 Å². The lowest BCUT2D eigenvalue weighted by Gasteiger charge is -2.25. The molecule has 6 nitrogen and oxygen atoms in total. The van der Waals surface area contributed by atoms with Crippen molar-refractivity contribution >= 4 is 27.4 Å². The maximum Gasteiger partial charge on any atom is 0.337 e. The Hall–Kier alpha value is -2.52. The number of aryl methyl sites for hydroxylation is 1. The number of carbonyl (C=O) groups excluding carboxylic acids is 1. The summed E-state index contributed by atoms with van der Waals surface area (Å²) in [4.78, 5) is 13.0. The average Bonchev–Trinajstić information content (AvgIpc) is 3.33. The minimum Gasteiger partial charge on any atom is -0.465 e. The summed E-state index contributed by atoms with van der Waals surface area (Å²) in [5.74, 6) is -0.479. The second-order valence-corrected chi connectivity index (χ2v) is 10.00. The van der Waals surface area contributed by atoms with Crippen molar-refractivity contribution in [3.8, 4) is 10.4 Å². The predicted octanol–water partition coefficient (Wildman–Crippen LogP) is 4.25. The van der Waals surface area contributed by atoms with E-state index in [1.165, 1.54) is 30.6 Å². The highest BCUT2D eigenvalue weighted by Gasteiger charge is 2.42. The Morgan fingerprint density at radius 3 is 2.55 bits per heavy atom. The van der Waals surface area contributed by atoms with Gasteiger partial charge >= 0.3 is 5.97 Å². The summed E-state index contributed by atoms with van der Waals surface area (Å²) in [6.07, 6.45) is 0.552. The Labute approximate surface area is 185 Å². The molecule has 0 saturated carbocycles. The fraction of sp³-hybridized carbons (Fsp3) is 0.261. The first-order chi connectivity index (χ1) is 14.8. The van der Waals surface area contributed by atoms with Crippen molar-refractivity contribution in [3.05, 3.63) is 76.2 Å². The summed E-state index contributed by atoms with van der Waals surface area (Å²) in [5, 5.41) is 13.5. The van der Waals surface area contributed by atoms with Crippen LogP contribution in [0.3, 0.4) is 0 Å². The van der Waals surface area contributed by atoms with Crippen LogP contribution in [0.25, 0.3) is 10.4 Å². The molecule has 0 fully saturated rings. The van der Waals surface area contributed by atoms with Crippen LogP contribution in [0.1, 0.15) is 39.9 Å². The number of fused-ring (bicyclic) bond motifs is 3. The molecular weight excluding hydrogens is 436 g/mol. The van der Waals surface area contributed by atoms with Gasteiger partial charge in [-0.3, -0.25) is 4.18 Å². The molecule has 0 amide bonds. The number of rotatable bonds is 7. The van der Waals surface area contributed by atoms with Crippen LogP contribution in [-0.4, -0.2) is 33.2 Å². The molecular formula is C23H22O6S2. The van der Waals surface area contributed by atoms with Gasteiger partial charge in [0.15, 0.2) is 0 Å². The minimum absolute atomic E-state index is 0.0655. The van der Waals surface area contributed by atoms with Crippen LogP contribution in [0.2, 0.25) is 0 Å². The lowest BCUT2D eigenvalue weighted by Crippen LogP contribution is -2.25. The predicted molar refractivity (Wildman–Crippen MR) is 118 cm³/mol. The van der Waals surface area contributed by atoms with Crippen molar-refractivity contribution in [2.75, 3.05) is 13.7 Å². The smallest absolute Gasteiger partial charge is 0.337 e. The number of aliphatic hydroxyl groups is 1. The Morgan fingerprint density at radius 1 is 1.10 bits per heavy atom. The van der Waals surface area contributed by atoms with Crippen LogP contribution in [-0.2, 0) is 24.6 Å². The Morgan fingerprint density at radius 2 is 1.84 bits per heavy atom. The molecule has 1 aliphatic rings. The van der Waals surface area contributed by atoms with Crippen LogP contribution >= 0.6 is 11.3 Å². The van der Waals surface area contributed by atoms with E-state index in [0.717, 1.165) is 21.6 Å². The van der Waals surface area contributed by atoms with Gasteiger partial charge in [-0.15, -0.1) is 11.3 Å². The Kier molecular flexibility index (Phi) is 5.74. The number of ether oxygens (including phenoxy) is 1. The van der Waals surface area contributed by atoms with E-state index < -0.39 is 21.7 Å². The van der Waals surface area contributed by atoms with Gasteiger partial charge in [0.25, 0.3) is 10.1 Å². The summed E-state index contributed by atoms with van der Waals surface area (Å²) in [7, 11) is -2.55. The first kappa shape index (κ1) is 21.7. The quantitative estimate of drug-likeness (QED) is 0.324. The maximum atomic E-state index is 12.4. The second-order valence-electron chi connectivity index (χ2n) is 7.47. The third-order valence-electron chi connectivity index (χ3n) is 5.47. The zero-order chi connectivity index (χ0) is 22.2. The lowest BCUT2D eigenvalue weighted by molar-refractivity contribution is 0.0596. The zero-order valence-corrected chi connectivity index (χ0v) is 18.8. The summed E-state index contributed by atoms with van der Waals surface area (Å²) in [6, 6.07) is 13.5. The molecule has 0 aliphatic heterocycles. The largest absolute Gasteiger partial charge is 0.465 e. The van der Waals surface area contributed by atoms with Gasteiger partial charge in [-0.2, -0.15) is 8.42 Å². The number of carbonyl (C=O) groups is 1. The van der Waals surface area contributed by atoms with Crippen molar-refractivity contribution in [2.24, 2.45) is 0 Å². The molecule has 162 valence electrons. The van der Waals surface area contributed by atoms with Crippen LogP contribution in [0.15, 0.2) is 58.8 Å². The van der Waals surface area contributed by atoms with Crippen LogP contribution in [0.5, 0.6) is 0 Å². The van der Waals surface area contributed by atoms with E-state index in [0.29, 0.717) is 17.5 Å². The van der Waals surface area contributed by atoms with Gasteiger partial charge in [-0.25, -0.2) is 4.79 Å². The lowest BCUT2D eigenvalue weighted by atomic mass is 9.87. The second kappa shape index (κ2) is 8.20. The van der Waals surface area contributed by atoms with E-state index >= 15 is 0 Å². The molecule has 1 N–H and O–H groups in total. The topological polar surface area (TPSA) is 89.9 Å². The van der Waals surface area contributed by atoms with Gasteiger partial charge in [0.2, 0.25) is 0 Å². The highest BCUT2D eigenvalue weighted by molar-refractivity contribution is 7.86. The molecule has 3 aromatic rings. The molecule has 1 aromatic heterocycles. The molecule has 1 atom stereocenters. The molecule has 1 aliphatic carbocycles. The van der Waals surface area contributed by atoms with Crippen molar-refractivity contribution < 1.29 is 27.2 Å².